The number of phosphoric ester groups is 1. The molecule has 0 aromatic heterocycles. The van der Waals surface area contributed by atoms with E-state index in [4.69, 9.17) is 23.3 Å². The van der Waals surface area contributed by atoms with Crippen LogP contribution in [0.25, 0.3) is 0 Å². The van der Waals surface area contributed by atoms with Crippen molar-refractivity contribution >= 4 is 25.7 Å². The van der Waals surface area contributed by atoms with Crippen molar-refractivity contribution in [1.82, 2.24) is 0 Å². The molecule has 0 saturated carbocycles. The van der Waals surface area contributed by atoms with Crippen molar-refractivity contribution in [2.45, 2.75) is 277 Å². The topological polar surface area (TPSA) is 155 Å². The number of hydrogen-bond donors (Lipinski definition) is 2. The lowest BCUT2D eigenvalue weighted by atomic mass is 10.0. The van der Waals surface area contributed by atoms with E-state index < -0.39 is 57.8 Å². The number of allylic oxidation sites excluding steroid dienone is 12. The lowest BCUT2D eigenvalue weighted by Crippen LogP contribution is -2.30. The van der Waals surface area contributed by atoms with E-state index in [1.807, 2.05) is 0 Å². The first-order valence-corrected chi connectivity index (χ1v) is 31.3. The molecule has 0 aromatic carbocycles. The van der Waals surface area contributed by atoms with Gasteiger partial charge in [0.1, 0.15) is 12.7 Å². The zero-order valence-electron chi connectivity index (χ0n) is 47.3. The minimum Gasteiger partial charge on any atom is -0.462 e. The van der Waals surface area contributed by atoms with Crippen LogP contribution in [0.2, 0.25) is 0 Å². The van der Waals surface area contributed by atoms with E-state index in [2.05, 4.69) is 93.7 Å². The van der Waals surface area contributed by atoms with Crippen LogP contribution in [-0.4, -0.2) is 66.5 Å². The number of hydrogen-bond acceptors (Lipinski definition) is 10. The molecule has 0 heterocycles. The van der Waals surface area contributed by atoms with E-state index in [9.17, 15) is 28.9 Å². The molecule has 11 nitrogen and oxygen atoms in total. The first-order chi connectivity index (χ1) is 36.2. The van der Waals surface area contributed by atoms with Crippen molar-refractivity contribution in [2.75, 3.05) is 26.4 Å². The third-order valence-corrected chi connectivity index (χ3v) is 13.6. The predicted octanol–water partition coefficient (Wildman–Crippen LogP) is 17.7. The van der Waals surface area contributed by atoms with Gasteiger partial charge in [0.25, 0.3) is 0 Å². The van der Waals surface area contributed by atoms with Gasteiger partial charge in [-0.2, -0.15) is 0 Å². The van der Waals surface area contributed by atoms with Crippen LogP contribution >= 0.6 is 7.82 Å². The van der Waals surface area contributed by atoms with Gasteiger partial charge in [0.2, 0.25) is 0 Å². The maximum absolute atomic E-state index is 12.9. The second-order valence-corrected chi connectivity index (χ2v) is 21.2. The van der Waals surface area contributed by atoms with Gasteiger partial charge in [-0.3, -0.25) is 23.4 Å². The lowest BCUT2D eigenvalue weighted by molar-refractivity contribution is -0.161. The van der Waals surface area contributed by atoms with Crippen LogP contribution in [0.5, 0.6) is 0 Å². The van der Waals surface area contributed by atoms with E-state index >= 15 is 0 Å². The van der Waals surface area contributed by atoms with Gasteiger partial charge >= 0.3 is 25.7 Å². The first kappa shape index (κ1) is 70.9. The smallest absolute Gasteiger partial charge is 0.462 e. The molecular weight excluding hydrogens is 952 g/mol. The molecule has 0 spiro atoms. The van der Waals surface area contributed by atoms with Crippen LogP contribution in [0.3, 0.4) is 0 Å². The fraction of sp³-hybridized carbons (Fsp3) is 0.758. The van der Waals surface area contributed by atoms with Crippen molar-refractivity contribution in [3.8, 4) is 0 Å². The summed E-state index contributed by atoms with van der Waals surface area (Å²) < 4.78 is 39.5. The molecule has 3 unspecified atom stereocenters. The molecule has 12 heteroatoms. The van der Waals surface area contributed by atoms with E-state index in [0.717, 1.165) is 128 Å². The van der Waals surface area contributed by atoms with E-state index in [0.29, 0.717) is 19.3 Å². The number of esters is 3. The Morgan fingerprint density at radius 1 is 0.392 bits per heavy atom. The normalized spacial score (nSPS) is 13.9. The Kier molecular flexibility index (Phi) is 53.8. The second kappa shape index (κ2) is 56.1. The Labute approximate surface area is 452 Å². The Balaban J connectivity index is 4.75. The van der Waals surface area contributed by atoms with Crippen molar-refractivity contribution in [3.05, 3.63) is 72.9 Å². The molecule has 0 aromatic rings. The standard InChI is InChI=1S/C62H109O11P/c1-4-7-10-13-16-19-22-25-27-28-29-30-32-34-36-39-42-45-48-51-60(64)69-55-59(73-62(66)53-50-47-44-41-38-35-31-26-23-20-17-14-11-8-5-2)57-71-74(67,68)70-56-58(54-63)72-61(65)52-49-46-43-40-37-33-24-21-18-15-12-9-6-3/h7,10,16-17,19-20,25-27,29-31,58-59,63H,4-6,8-9,11-15,18,21-24,28,32-57H2,1-3H3,(H,67,68)/b10-7-,19-16-,20-17-,27-25-,30-29-,31-26-. The summed E-state index contributed by atoms with van der Waals surface area (Å²) in [5.41, 5.74) is 0. The molecule has 0 saturated heterocycles. The van der Waals surface area contributed by atoms with Crippen LogP contribution in [0.4, 0.5) is 0 Å². The van der Waals surface area contributed by atoms with Crippen LogP contribution in [-0.2, 0) is 42.2 Å². The number of phosphoric acid groups is 1. The third-order valence-electron chi connectivity index (χ3n) is 12.6. The number of carbonyl (C=O) groups excluding carboxylic acids is 3. The van der Waals surface area contributed by atoms with Gasteiger partial charge in [0.15, 0.2) is 6.10 Å². The number of carbonyl (C=O) groups is 3. The van der Waals surface area contributed by atoms with Gasteiger partial charge in [-0.25, -0.2) is 4.57 Å². The van der Waals surface area contributed by atoms with Gasteiger partial charge < -0.3 is 24.2 Å². The van der Waals surface area contributed by atoms with Gasteiger partial charge in [-0.1, -0.05) is 229 Å². The first-order valence-electron chi connectivity index (χ1n) is 29.8. The summed E-state index contributed by atoms with van der Waals surface area (Å²) in [5, 5.41) is 9.82. The molecule has 428 valence electrons. The highest BCUT2D eigenvalue weighted by Crippen LogP contribution is 2.43. The summed E-state index contributed by atoms with van der Waals surface area (Å²) >= 11 is 0. The molecule has 0 aliphatic heterocycles. The second-order valence-electron chi connectivity index (χ2n) is 19.8. The molecule has 3 atom stereocenters. The molecule has 0 bridgehead atoms. The highest BCUT2D eigenvalue weighted by Gasteiger charge is 2.28. The maximum Gasteiger partial charge on any atom is 0.472 e. The fourth-order valence-corrected chi connectivity index (χ4v) is 8.87. The Morgan fingerprint density at radius 3 is 1.11 bits per heavy atom. The van der Waals surface area contributed by atoms with E-state index in [-0.39, 0.29) is 25.9 Å². The van der Waals surface area contributed by atoms with Crippen LogP contribution in [0.1, 0.15) is 265 Å². The highest BCUT2D eigenvalue weighted by atomic mass is 31.2. The molecule has 0 aliphatic rings. The van der Waals surface area contributed by atoms with Crippen molar-refractivity contribution in [3.63, 3.8) is 0 Å². The number of aliphatic hydroxyl groups is 1. The zero-order valence-corrected chi connectivity index (χ0v) is 48.2. The molecule has 2 N–H and O–H groups in total. The minimum atomic E-state index is -4.75. The molecule has 0 radical (unpaired) electrons. The molecular formula is C62H109O11P. The number of rotatable bonds is 55. The SMILES string of the molecule is CC/C=C\C/C=C\C/C=C\C/C=C\CCCCCCCCC(=O)OCC(COP(=O)(O)OCC(CO)OC(=O)CCCCCCCCCCCCCCC)OC(=O)CCCCCCC/C=C\C/C=C\CCCCC. The van der Waals surface area contributed by atoms with Crippen molar-refractivity contribution in [2.24, 2.45) is 0 Å². The summed E-state index contributed by atoms with van der Waals surface area (Å²) in [4.78, 5) is 48.6. The molecule has 0 amide bonds. The Hall–Kier alpha value is -3.08. The molecule has 0 fully saturated rings. The summed E-state index contributed by atoms with van der Waals surface area (Å²) in [6.45, 7) is 4.49. The predicted molar refractivity (Wildman–Crippen MR) is 307 cm³/mol. The van der Waals surface area contributed by atoms with Crippen LogP contribution in [0.15, 0.2) is 72.9 Å². The summed E-state index contributed by atoms with van der Waals surface area (Å²) in [7, 11) is -4.75. The third kappa shape index (κ3) is 53.7. The summed E-state index contributed by atoms with van der Waals surface area (Å²) in [6, 6.07) is 0. The number of ether oxygens (including phenoxy) is 3. The average Bonchev–Trinajstić information content (AvgIpc) is 3.39. The lowest BCUT2D eigenvalue weighted by Gasteiger charge is -2.21. The van der Waals surface area contributed by atoms with E-state index in [1.165, 1.54) is 77.0 Å². The molecule has 0 rings (SSSR count). The van der Waals surface area contributed by atoms with Crippen molar-refractivity contribution in [1.29, 1.82) is 0 Å². The van der Waals surface area contributed by atoms with Crippen LogP contribution in [0, 0.1) is 0 Å². The van der Waals surface area contributed by atoms with Crippen molar-refractivity contribution < 1.29 is 52.2 Å². The zero-order chi connectivity index (χ0) is 54.1. The summed E-state index contributed by atoms with van der Waals surface area (Å²) in [5.74, 6) is -1.49. The maximum atomic E-state index is 12.9. The van der Waals surface area contributed by atoms with Gasteiger partial charge in [-0.15, -0.1) is 0 Å². The number of unbranched alkanes of at least 4 members (excludes halogenated alkanes) is 26. The van der Waals surface area contributed by atoms with E-state index in [1.54, 1.807) is 0 Å². The Morgan fingerprint density at radius 2 is 0.703 bits per heavy atom. The van der Waals surface area contributed by atoms with Gasteiger partial charge in [0.05, 0.1) is 19.8 Å². The average molecular weight is 1060 g/mol. The largest absolute Gasteiger partial charge is 0.472 e. The fourth-order valence-electron chi connectivity index (χ4n) is 8.08. The molecule has 74 heavy (non-hydrogen) atoms. The number of aliphatic hydroxyl groups excluding tert-OH is 1. The Bertz CT molecular complexity index is 1520. The van der Waals surface area contributed by atoms with Crippen LogP contribution < -0.4 is 0 Å². The quantitative estimate of drug-likeness (QED) is 0.0197. The minimum absolute atomic E-state index is 0.147. The highest BCUT2D eigenvalue weighted by molar-refractivity contribution is 7.47. The molecule has 0 aliphatic carbocycles. The monoisotopic (exact) mass is 1060 g/mol. The van der Waals surface area contributed by atoms with Gasteiger partial charge in [0, 0.05) is 19.3 Å². The van der Waals surface area contributed by atoms with Gasteiger partial charge in [-0.05, 0) is 89.9 Å². The summed E-state index contributed by atoms with van der Waals surface area (Å²) in [6.07, 6.45) is 62.8.